The summed E-state index contributed by atoms with van der Waals surface area (Å²) in [6.07, 6.45) is 0. The van der Waals surface area contributed by atoms with Crippen LogP contribution in [0.15, 0.2) is 53.4 Å². The molecule has 0 spiro atoms. The van der Waals surface area contributed by atoms with Gasteiger partial charge in [0.15, 0.2) is 0 Å². The molecule has 2 rings (SSSR count). The largest absolute Gasteiger partial charge is 0.497 e. The monoisotopic (exact) mass is 363 g/mol. The van der Waals surface area contributed by atoms with E-state index in [9.17, 15) is 13.2 Å². The highest BCUT2D eigenvalue weighted by molar-refractivity contribution is 7.89. The number of anilines is 2. The van der Waals surface area contributed by atoms with E-state index in [1.807, 2.05) is 0 Å². The molecule has 0 unspecified atom stereocenters. The Kier molecular flexibility index (Phi) is 6.00. The number of carbonyl (C=O) groups is 1. The Bertz CT molecular complexity index is 833. The molecule has 0 fully saturated rings. The molecular formula is C17H21N3O4S. The molecule has 0 aliphatic carbocycles. The molecule has 1 amide bonds. The number of carbonyl (C=O) groups excluding carboxylic acids is 1. The third-order valence-corrected chi connectivity index (χ3v) is 5.25. The second-order valence-corrected chi connectivity index (χ2v) is 7.60. The van der Waals surface area contributed by atoms with Gasteiger partial charge >= 0.3 is 0 Å². The van der Waals surface area contributed by atoms with Gasteiger partial charge in [-0.05, 0) is 42.5 Å². The first-order valence-corrected chi connectivity index (χ1v) is 8.97. The lowest BCUT2D eigenvalue weighted by Gasteiger charge is -2.13. The van der Waals surface area contributed by atoms with Crippen molar-refractivity contribution < 1.29 is 17.9 Å². The van der Waals surface area contributed by atoms with E-state index in [2.05, 4.69) is 10.6 Å². The summed E-state index contributed by atoms with van der Waals surface area (Å²) in [7, 11) is 0.999. The predicted octanol–water partition coefficient (Wildman–Crippen LogP) is 2.00. The summed E-state index contributed by atoms with van der Waals surface area (Å²) in [6.45, 7) is 0.0114. The molecule has 0 saturated carbocycles. The Balaban J connectivity index is 1.97. The molecule has 7 nitrogen and oxygen atoms in total. The van der Waals surface area contributed by atoms with E-state index in [0.717, 1.165) is 4.31 Å². The lowest BCUT2D eigenvalue weighted by molar-refractivity contribution is -0.114. The summed E-state index contributed by atoms with van der Waals surface area (Å²) < 4.78 is 30.4. The van der Waals surface area contributed by atoms with Crippen LogP contribution >= 0.6 is 0 Å². The standard InChI is InChI=1S/C17H21N3O4S/c1-20(2)25(22,23)16-6-4-5-14(11-16)18-12-17(21)19-13-7-9-15(24-3)10-8-13/h4-11,18H,12H2,1-3H3,(H,19,21). The number of hydrogen-bond acceptors (Lipinski definition) is 5. The van der Waals surface area contributed by atoms with E-state index in [0.29, 0.717) is 17.1 Å². The minimum Gasteiger partial charge on any atom is -0.497 e. The number of nitrogens with one attached hydrogen (secondary N) is 2. The van der Waals surface area contributed by atoms with Crippen LogP contribution in [-0.2, 0) is 14.8 Å². The molecule has 2 N–H and O–H groups in total. The first-order valence-electron chi connectivity index (χ1n) is 7.53. The van der Waals surface area contributed by atoms with Crippen LogP contribution in [0.1, 0.15) is 0 Å². The Labute approximate surface area is 147 Å². The maximum Gasteiger partial charge on any atom is 0.243 e. The number of nitrogens with zero attached hydrogens (tertiary/aromatic N) is 1. The summed E-state index contributed by atoms with van der Waals surface area (Å²) in [5.41, 5.74) is 1.20. The van der Waals surface area contributed by atoms with Crippen molar-refractivity contribution in [1.82, 2.24) is 4.31 Å². The first-order chi connectivity index (χ1) is 11.8. The van der Waals surface area contributed by atoms with Crippen molar-refractivity contribution in [2.45, 2.75) is 4.90 Å². The molecule has 0 radical (unpaired) electrons. The van der Waals surface area contributed by atoms with Crippen molar-refractivity contribution in [3.63, 3.8) is 0 Å². The summed E-state index contributed by atoms with van der Waals surface area (Å²) in [5, 5.41) is 5.66. The van der Waals surface area contributed by atoms with Crippen LogP contribution in [0.2, 0.25) is 0 Å². The zero-order valence-corrected chi connectivity index (χ0v) is 15.1. The van der Waals surface area contributed by atoms with Gasteiger partial charge in [-0.1, -0.05) is 6.07 Å². The Morgan fingerprint density at radius 1 is 1.08 bits per heavy atom. The molecule has 2 aromatic rings. The highest BCUT2D eigenvalue weighted by Crippen LogP contribution is 2.18. The third-order valence-electron chi connectivity index (χ3n) is 3.44. The molecule has 0 saturated heterocycles. The van der Waals surface area contributed by atoms with Crippen molar-refractivity contribution in [1.29, 1.82) is 0 Å². The topological polar surface area (TPSA) is 87.7 Å². The fourth-order valence-corrected chi connectivity index (χ4v) is 2.99. The smallest absolute Gasteiger partial charge is 0.243 e. The van der Waals surface area contributed by atoms with Crippen LogP contribution < -0.4 is 15.4 Å². The van der Waals surface area contributed by atoms with Gasteiger partial charge in [-0.15, -0.1) is 0 Å². The third kappa shape index (κ3) is 4.94. The van der Waals surface area contributed by atoms with Crippen molar-refractivity contribution in [2.75, 3.05) is 38.4 Å². The molecule has 2 aromatic carbocycles. The van der Waals surface area contributed by atoms with E-state index >= 15 is 0 Å². The van der Waals surface area contributed by atoms with Gasteiger partial charge in [-0.25, -0.2) is 12.7 Å². The van der Waals surface area contributed by atoms with Gasteiger partial charge in [0.2, 0.25) is 15.9 Å². The molecule has 0 heterocycles. The maximum absolute atomic E-state index is 12.1. The van der Waals surface area contributed by atoms with Gasteiger partial charge < -0.3 is 15.4 Å². The van der Waals surface area contributed by atoms with E-state index in [-0.39, 0.29) is 17.3 Å². The second kappa shape index (κ2) is 8.00. The van der Waals surface area contributed by atoms with Crippen LogP contribution in [0.4, 0.5) is 11.4 Å². The second-order valence-electron chi connectivity index (χ2n) is 5.45. The van der Waals surface area contributed by atoms with E-state index in [4.69, 9.17) is 4.74 Å². The summed E-state index contributed by atoms with van der Waals surface area (Å²) in [5.74, 6) is 0.459. The van der Waals surface area contributed by atoms with Crippen molar-refractivity contribution >= 4 is 27.3 Å². The van der Waals surface area contributed by atoms with E-state index < -0.39 is 10.0 Å². The highest BCUT2D eigenvalue weighted by atomic mass is 32.2. The van der Waals surface area contributed by atoms with E-state index in [1.165, 1.54) is 26.2 Å². The quantitative estimate of drug-likeness (QED) is 0.786. The highest BCUT2D eigenvalue weighted by Gasteiger charge is 2.17. The molecule has 0 aliphatic rings. The normalized spacial score (nSPS) is 11.2. The van der Waals surface area contributed by atoms with Gasteiger partial charge in [0.1, 0.15) is 5.75 Å². The Morgan fingerprint density at radius 3 is 2.36 bits per heavy atom. The predicted molar refractivity (Wildman–Crippen MR) is 97.4 cm³/mol. The summed E-state index contributed by atoms with van der Waals surface area (Å²) in [4.78, 5) is 12.2. The molecule has 0 atom stereocenters. The van der Waals surface area contributed by atoms with Crippen LogP contribution in [0.25, 0.3) is 0 Å². The van der Waals surface area contributed by atoms with Crippen LogP contribution in [0, 0.1) is 0 Å². The fourth-order valence-electron chi connectivity index (χ4n) is 2.04. The Hall–Kier alpha value is -2.58. The summed E-state index contributed by atoms with van der Waals surface area (Å²) in [6, 6.07) is 13.3. The van der Waals surface area contributed by atoms with Crippen LogP contribution in [-0.4, -0.2) is 46.4 Å². The van der Waals surface area contributed by atoms with Crippen LogP contribution in [0.5, 0.6) is 5.75 Å². The van der Waals surface area contributed by atoms with Gasteiger partial charge in [-0.2, -0.15) is 0 Å². The lowest BCUT2D eigenvalue weighted by atomic mass is 10.3. The molecule has 0 aliphatic heterocycles. The Morgan fingerprint density at radius 2 is 1.76 bits per heavy atom. The van der Waals surface area contributed by atoms with Crippen molar-refractivity contribution in [2.24, 2.45) is 0 Å². The summed E-state index contributed by atoms with van der Waals surface area (Å²) >= 11 is 0. The number of sulfonamides is 1. The first kappa shape index (κ1) is 18.8. The number of rotatable bonds is 7. The number of benzene rings is 2. The molecule has 8 heteroatoms. The number of methoxy groups -OCH3 is 1. The van der Waals surface area contributed by atoms with Gasteiger partial charge in [0.05, 0.1) is 18.6 Å². The molecule has 25 heavy (non-hydrogen) atoms. The SMILES string of the molecule is COc1ccc(NC(=O)CNc2cccc(S(=O)(=O)N(C)C)c2)cc1. The zero-order chi connectivity index (χ0) is 18.4. The van der Waals surface area contributed by atoms with Crippen molar-refractivity contribution in [3.8, 4) is 5.75 Å². The average Bonchev–Trinajstić information content (AvgIpc) is 2.60. The van der Waals surface area contributed by atoms with Gasteiger partial charge in [-0.3, -0.25) is 4.79 Å². The van der Waals surface area contributed by atoms with Gasteiger partial charge in [0.25, 0.3) is 0 Å². The molecule has 0 aromatic heterocycles. The van der Waals surface area contributed by atoms with Gasteiger partial charge in [0, 0.05) is 25.5 Å². The number of hydrogen-bond donors (Lipinski definition) is 2. The number of amides is 1. The van der Waals surface area contributed by atoms with Crippen LogP contribution in [0.3, 0.4) is 0 Å². The lowest BCUT2D eigenvalue weighted by Crippen LogP contribution is -2.23. The minimum absolute atomic E-state index is 0.0114. The molecular weight excluding hydrogens is 342 g/mol. The zero-order valence-electron chi connectivity index (χ0n) is 14.3. The maximum atomic E-state index is 12.1. The molecule has 134 valence electrons. The van der Waals surface area contributed by atoms with Crippen molar-refractivity contribution in [3.05, 3.63) is 48.5 Å². The fraction of sp³-hybridized carbons (Fsp3) is 0.235. The molecule has 0 bridgehead atoms. The number of ether oxygens (including phenoxy) is 1. The minimum atomic E-state index is -3.51. The van der Waals surface area contributed by atoms with E-state index in [1.54, 1.807) is 43.5 Å². The average molecular weight is 363 g/mol.